The number of fused-ring (bicyclic) bond motifs is 13. The average Bonchev–Trinajstić information content (AvgIpc) is 4.00. The fourth-order valence-corrected chi connectivity index (χ4v) is 12.7. The molecule has 0 saturated carbocycles. The maximum Gasteiger partial charge on any atom is 0.0725 e. The summed E-state index contributed by atoms with van der Waals surface area (Å²) >= 11 is 0. The molecule has 0 amide bonds. The minimum absolute atomic E-state index is 0.0338. The third-order valence-electron chi connectivity index (χ3n) is 15.9. The van der Waals surface area contributed by atoms with Crippen LogP contribution in [-0.4, -0.2) is 0 Å². The van der Waals surface area contributed by atoms with E-state index < -0.39 is 0 Å². The van der Waals surface area contributed by atoms with Gasteiger partial charge in [-0.25, -0.2) is 0 Å². The van der Waals surface area contributed by atoms with Crippen molar-refractivity contribution < 1.29 is 0 Å². The standard InChI is InChI=1S/C70H48/c1-69(2)61-34-7-5-30-59(61)67-55(32-16-38-65(67)69)53-26-14-24-51(43-53)49-22-12-20-47(41-49)45-18-11-19-46(40-45)48-21-13-23-50(42-48)52-25-15-27-54(44-52)56-33-17-39-66-68(56)60-31-6-10-37-64(60)70(66)62-35-8-3-28-57(62)58-29-4-9-36-63(58)70/h3-44H,1-2H3. The molecule has 0 unspecified atom stereocenters. The number of benzene rings is 11. The van der Waals surface area contributed by atoms with Crippen LogP contribution in [-0.2, 0) is 10.8 Å². The fraction of sp³-hybridized carbons (Fsp3) is 0.0571. The van der Waals surface area contributed by atoms with Gasteiger partial charge in [0.1, 0.15) is 0 Å². The third-order valence-corrected chi connectivity index (χ3v) is 15.9. The first-order valence-electron chi connectivity index (χ1n) is 24.7. The van der Waals surface area contributed by atoms with E-state index in [0.717, 1.165) is 0 Å². The van der Waals surface area contributed by atoms with Crippen LogP contribution in [0.4, 0.5) is 0 Å². The van der Waals surface area contributed by atoms with E-state index in [1.54, 1.807) is 0 Å². The fourth-order valence-electron chi connectivity index (χ4n) is 12.7. The van der Waals surface area contributed by atoms with Crippen LogP contribution in [0.1, 0.15) is 47.2 Å². The summed E-state index contributed by atoms with van der Waals surface area (Å²) in [4.78, 5) is 0. The quantitative estimate of drug-likeness (QED) is 0.156. The Bertz CT molecular complexity index is 3890. The molecule has 0 radical (unpaired) electrons. The SMILES string of the molecule is CC1(C)c2ccccc2-c2c(-c3cccc(-c4cccc(-c5cccc(-c6cccc(-c7cccc(-c8cccc9c8-c8ccccc8C98c9ccccc9-c9ccccc98)c7)c6)c5)c4)c3)cccc21. The molecule has 0 aliphatic heterocycles. The lowest BCUT2D eigenvalue weighted by atomic mass is 9.70. The second-order valence-corrected chi connectivity index (χ2v) is 19.9. The lowest BCUT2D eigenvalue weighted by molar-refractivity contribution is 0.660. The molecule has 3 aliphatic carbocycles. The van der Waals surface area contributed by atoms with Gasteiger partial charge in [0.2, 0.25) is 0 Å². The Morgan fingerprint density at radius 2 is 0.457 bits per heavy atom. The van der Waals surface area contributed by atoms with Crippen molar-refractivity contribution in [2.24, 2.45) is 0 Å². The number of hydrogen-bond donors (Lipinski definition) is 0. The van der Waals surface area contributed by atoms with Gasteiger partial charge in [-0.2, -0.15) is 0 Å². The summed E-state index contributed by atoms with van der Waals surface area (Å²) in [5, 5.41) is 0. The first kappa shape index (κ1) is 40.5. The highest BCUT2D eigenvalue weighted by Crippen LogP contribution is 2.64. The van der Waals surface area contributed by atoms with Crippen LogP contribution in [0.15, 0.2) is 255 Å². The summed E-state index contributed by atoms with van der Waals surface area (Å²) in [7, 11) is 0. The topological polar surface area (TPSA) is 0 Å². The van der Waals surface area contributed by atoms with Crippen molar-refractivity contribution in [2.45, 2.75) is 24.7 Å². The summed E-state index contributed by atoms with van der Waals surface area (Å²) in [5.41, 5.74) is 30.5. The zero-order chi connectivity index (χ0) is 46.6. The molecule has 0 atom stereocenters. The Balaban J connectivity index is 0.795. The van der Waals surface area contributed by atoms with Crippen molar-refractivity contribution in [1.82, 2.24) is 0 Å². The van der Waals surface area contributed by atoms with Crippen molar-refractivity contribution >= 4 is 0 Å². The van der Waals surface area contributed by atoms with Crippen molar-refractivity contribution in [2.75, 3.05) is 0 Å². The Labute approximate surface area is 410 Å². The van der Waals surface area contributed by atoms with Crippen LogP contribution < -0.4 is 0 Å². The van der Waals surface area contributed by atoms with Crippen LogP contribution >= 0.6 is 0 Å². The van der Waals surface area contributed by atoms with Gasteiger partial charge in [0, 0.05) is 5.41 Å². The summed E-state index contributed by atoms with van der Waals surface area (Å²) in [5.74, 6) is 0. The molecule has 11 aromatic carbocycles. The molecule has 70 heavy (non-hydrogen) atoms. The second-order valence-electron chi connectivity index (χ2n) is 19.9. The minimum Gasteiger partial charge on any atom is -0.0619 e. The molecule has 0 saturated heterocycles. The van der Waals surface area contributed by atoms with Crippen LogP contribution in [0.25, 0.3) is 100 Å². The van der Waals surface area contributed by atoms with E-state index in [0.29, 0.717) is 0 Å². The molecule has 14 rings (SSSR count). The molecular formula is C70H48. The highest BCUT2D eigenvalue weighted by molar-refractivity contribution is 6.00. The molecular weight excluding hydrogens is 841 g/mol. The van der Waals surface area contributed by atoms with E-state index in [9.17, 15) is 0 Å². The average molecular weight is 889 g/mol. The Kier molecular flexibility index (Phi) is 8.95. The van der Waals surface area contributed by atoms with Gasteiger partial charge in [-0.05, 0) is 164 Å². The van der Waals surface area contributed by atoms with Gasteiger partial charge in [-0.3, -0.25) is 0 Å². The summed E-state index contributed by atoms with van der Waals surface area (Å²) in [6.07, 6.45) is 0. The molecule has 0 N–H and O–H groups in total. The molecule has 1 spiro atoms. The van der Waals surface area contributed by atoms with E-state index in [4.69, 9.17) is 0 Å². The van der Waals surface area contributed by atoms with Crippen LogP contribution in [0.3, 0.4) is 0 Å². The maximum absolute atomic E-state index is 2.39. The van der Waals surface area contributed by atoms with Crippen LogP contribution in [0.2, 0.25) is 0 Å². The van der Waals surface area contributed by atoms with Crippen molar-refractivity contribution in [3.63, 3.8) is 0 Å². The predicted molar refractivity (Wildman–Crippen MR) is 293 cm³/mol. The van der Waals surface area contributed by atoms with Gasteiger partial charge >= 0.3 is 0 Å². The largest absolute Gasteiger partial charge is 0.0725 e. The molecule has 0 heterocycles. The normalized spacial score (nSPS) is 13.8. The third kappa shape index (κ3) is 5.90. The number of rotatable bonds is 6. The van der Waals surface area contributed by atoms with Gasteiger partial charge in [0.15, 0.2) is 0 Å². The molecule has 0 aromatic heterocycles. The molecule has 0 nitrogen and oxygen atoms in total. The van der Waals surface area contributed by atoms with Gasteiger partial charge in [0.05, 0.1) is 5.41 Å². The van der Waals surface area contributed by atoms with Crippen molar-refractivity contribution in [1.29, 1.82) is 0 Å². The number of hydrogen-bond acceptors (Lipinski definition) is 0. The summed E-state index contributed by atoms with van der Waals surface area (Å²) < 4.78 is 0. The zero-order valence-corrected chi connectivity index (χ0v) is 39.2. The van der Waals surface area contributed by atoms with Gasteiger partial charge in [-0.15, -0.1) is 0 Å². The predicted octanol–water partition coefficient (Wildman–Crippen LogP) is 18.3. The van der Waals surface area contributed by atoms with E-state index in [1.165, 1.54) is 134 Å². The van der Waals surface area contributed by atoms with E-state index in [-0.39, 0.29) is 10.8 Å². The second kappa shape index (κ2) is 15.5. The van der Waals surface area contributed by atoms with Crippen LogP contribution in [0.5, 0.6) is 0 Å². The van der Waals surface area contributed by atoms with E-state index in [1.807, 2.05) is 0 Å². The first-order valence-corrected chi connectivity index (χ1v) is 24.7. The van der Waals surface area contributed by atoms with Gasteiger partial charge in [-0.1, -0.05) is 238 Å². The first-order chi connectivity index (χ1) is 34.5. The lowest BCUT2D eigenvalue weighted by Gasteiger charge is -2.30. The molecule has 11 aromatic rings. The molecule has 0 fully saturated rings. The van der Waals surface area contributed by atoms with E-state index >= 15 is 0 Å². The van der Waals surface area contributed by atoms with Crippen molar-refractivity contribution in [3.8, 4) is 100 Å². The minimum atomic E-state index is -0.365. The highest BCUT2D eigenvalue weighted by Gasteiger charge is 2.52. The zero-order valence-electron chi connectivity index (χ0n) is 39.2. The van der Waals surface area contributed by atoms with E-state index in [2.05, 4.69) is 269 Å². The Morgan fingerprint density at radius 3 is 0.886 bits per heavy atom. The summed E-state index contributed by atoms with van der Waals surface area (Å²) in [6.45, 7) is 4.71. The maximum atomic E-state index is 2.39. The van der Waals surface area contributed by atoms with Crippen LogP contribution in [0, 0.1) is 0 Å². The molecule has 0 heteroatoms. The highest BCUT2D eigenvalue weighted by atomic mass is 14.5. The summed E-state index contributed by atoms with van der Waals surface area (Å²) in [6, 6.07) is 95.3. The molecule has 328 valence electrons. The van der Waals surface area contributed by atoms with Gasteiger partial charge in [0.25, 0.3) is 0 Å². The Morgan fingerprint density at radius 1 is 0.200 bits per heavy atom. The lowest BCUT2D eigenvalue weighted by Crippen LogP contribution is -2.25. The van der Waals surface area contributed by atoms with Gasteiger partial charge < -0.3 is 0 Å². The monoisotopic (exact) mass is 888 g/mol. The smallest absolute Gasteiger partial charge is 0.0619 e. The molecule has 0 bridgehead atoms. The van der Waals surface area contributed by atoms with Crippen molar-refractivity contribution in [3.05, 3.63) is 288 Å². The molecule has 3 aliphatic rings. The Hall–Kier alpha value is -8.58.